The fraction of sp³-hybridized carbons (Fsp3) is 0.0769. The summed E-state index contributed by atoms with van der Waals surface area (Å²) in [6, 6.07) is 7.41. The zero-order valence-electron chi connectivity index (χ0n) is 12.1. The number of nitrogens with zero attached hydrogens (tertiary/aromatic N) is 1. The molecular formula is C13H11FN2O6S2. The summed E-state index contributed by atoms with van der Waals surface area (Å²) in [7, 11) is -7.90. The van der Waals surface area contributed by atoms with Crippen molar-refractivity contribution in [3.8, 4) is 0 Å². The molecule has 0 bridgehead atoms. The van der Waals surface area contributed by atoms with Crippen LogP contribution in [0.5, 0.6) is 0 Å². The lowest BCUT2D eigenvalue weighted by Gasteiger charge is -2.09. The van der Waals surface area contributed by atoms with Gasteiger partial charge >= 0.3 is 5.69 Å². The van der Waals surface area contributed by atoms with Crippen molar-refractivity contribution in [3.63, 3.8) is 0 Å². The molecule has 0 atom stereocenters. The van der Waals surface area contributed by atoms with Crippen LogP contribution in [0.1, 0.15) is 0 Å². The van der Waals surface area contributed by atoms with Gasteiger partial charge in [-0.1, -0.05) is 6.07 Å². The highest BCUT2D eigenvalue weighted by Crippen LogP contribution is 2.28. The largest absolute Gasteiger partial charge is 0.325 e. The van der Waals surface area contributed by atoms with Crippen LogP contribution in [0.4, 0.5) is 15.8 Å². The number of sulfonamides is 1. The van der Waals surface area contributed by atoms with E-state index in [1.807, 2.05) is 4.72 Å². The molecule has 2 aromatic carbocycles. The number of nitrogens with one attached hydrogen (secondary N) is 1. The van der Waals surface area contributed by atoms with Crippen LogP contribution in [0.15, 0.2) is 52.3 Å². The molecule has 2 aromatic rings. The number of rotatable bonds is 5. The molecule has 0 aliphatic carbocycles. The second kappa shape index (κ2) is 6.17. The number of sulfone groups is 1. The first-order valence-electron chi connectivity index (χ1n) is 6.28. The minimum absolute atomic E-state index is 0.0258. The van der Waals surface area contributed by atoms with Gasteiger partial charge in [0, 0.05) is 11.9 Å². The van der Waals surface area contributed by atoms with Gasteiger partial charge in [-0.15, -0.1) is 0 Å². The predicted octanol–water partition coefficient (Wildman–Crippen LogP) is 1.94. The summed E-state index contributed by atoms with van der Waals surface area (Å²) < 4.78 is 62.8. The zero-order chi connectivity index (χ0) is 18.1. The summed E-state index contributed by atoms with van der Waals surface area (Å²) in [5.74, 6) is -1.28. The Morgan fingerprint density at radius 1 is 1.04 bits per heavy atom. The van der Waals surface area contributed by atoms with Gasteiger partial charge in [-0.05, 0) is 36.4 Å². The Kier molecular flexibility index (Phi) is 4.58. The molecule has 0 saturated carbocycles. The normalized spacial score (nSPS) is 11.9. The minimum atomic E-state index is -4.44. The van der Waals surface area contributed by atoms with Crippen molar-refractivity contribution in [2.24, 2.45) is 0 Å². The molecular weight excluding hydrogens is 363 g/mol. The maximum atomic E-state index is 13.6. The van der Waals surface area contributed by atoms with E-state index in [1.54, 1.807) is 0 Å². The topological polar surface area (TPSA) is 123 Å². The average Bonchev–Trinajstić information content (AvgIpc) is 2.45. The molecule has 24 heavy (non-hydrogen) atoms. The van der Waals surface area contributed by atoms with Crippen molar-refractivity contribution in [3.05, 3.63) is 58.4 Å². The molecule has 0 saturated heterocycles. The van der Waals surface area contributed by atoms with Crippen molar-refractivity contribution < 1.29 is 26.1 Å². The number of para-hydroxylation sites is 1. The standard InChI is InChI=1S/C13H11FN2O6S2/c1-23(19,20)10-7-5-9(6-8-10)15-24(21,22)12-4-2-3-11(14)13(12)16(17)18/h2-8,15H,1H3. The number of nitro groups is 1. The molecule has 0 radical (unpaired) electrons. The van der Waals surface area contributed by atoms with E-state index in [1.165, 1.54) is 24.3 Å². The van der Waals surface area contributed by atoms with Crippen molar-refractivity contribution in [2.75, 3.05) is 11.0 Å². The molecule has 0 aromatic heterocycles. The second-order valence-electron chi connectivity index (χ2n) is 4.75. The van der Waals surface area contributed by atoms with Gasteiger partial charge in [0.2, 0.25) is 5.82 Å². The van der Waals surface area contributed by atoms with Gasteiger partial charge < -0.3 is 0 Å². The maximum absolute atomic E-state index is 13.6. The van der Waals surface area contributed by atoms with Gasteiger partial charge in [0.15, 0.2) is 14.7 Å². The first kappa shape index (κ1) is 17.8. The van der Waals surface area contributed by atoms with Gasteiger partial charge in [-0.3, -0.25) is 14.8 Å². The molecule has 0 heterocycles. The van der Waals surface area contributed by atoms with Gasteiger partial charge in [-0.25, -0.2) is 16.8 Å². The number of anilines is 1. The Balaban J connectivity index is 2.43. The Morgan fingerprint density at radius 2 is 1.62 bits per heavy atom. The smallest absolute Gasteiger partial charge is 0.279 e. The SMILES string of the molecule is CS(=O)(=O)c1ccc(NS(=O)(=O)c2cccc(F)c2[N+](=O)[O-])cc1. The van der Waals surface area contributed by atoms with Crippen molar-refractivity contribution in [1.82, 2.24) is 0 Å². The van der Waals surface area contributed by atoms with Crippen LogP contribution in [-0.2, 0) is 19.9 Å². The molecule has 11 heteroatoms. The van der Waals surface area contributed by atoms with Crippen LogP contribution < -0.4 is 4.72 Å². The van der Waals surface area contributed by atoms with E-state index in [9.17, 15) is 31.3 Å². The average molecular weight is 374 g/mol. The van der Waals surface area contributed by atoms with Crippen LogP contribution >= 0.6 is 0 Å². The fourth-order valence-electron chi connectivity index (χ4n) is 1.87. The van der Waals surface area contributed by atoms with E-state index in [-0.39, 0.29) is 10.6 Å². The number of halogens is 1. The first-order valence-corrected chi connectivity index (χ1v) is 9.65. The zero-order valence-corrected chi connectivity index (χ0v) is 13.8. The summed E-state index contributed by atoms with van der Waals surface area (Å²) in [6.45, 7) is 0. The van der Waals surface area contributed by atoms with E-state index >= 15 is 0 Å². The highest BCUT2D eigenvalue weighted by atomic mass is 32.2. The summed E-state index contributed by atoms with van der Waals surface area (Å²) in [6.07, 6.45) is 0.988. The number of nitro benzene ring substituents is 1. The van der Waals surface area contributed by atoms with Crippen molar-refractivity contribution in [2.45, 2.75) is 9.79 Å². The van der Waals surface area contributed by atoms with Gasteiger partial charge in [0.05, 0.1) is 9.82 Å². The molecule has 0 aliphatic rings. The summed E-state index contributed by atoms with van der Waals surface area (Å²) in [4.78, 5) is 8.92. The van der Waals surface area contributed by atoms with Gasteiger partial charge in [-0.2, -0.15) is 4.39 Å². The minimum Gasteiger partial charge on any atom is -0.279 e. The molecule has 8 nitrogen and oxygen atoms in total. The predicted molar refractivity (Wildman–Crippen MR) is 83.4 cm³/mol. The summed E-state index contributed by atoms with van der Waals surface area (Å²) in [5, 5.41) is 10.9. The van der Waals surface area contributed by atoms with Crippen molar-refractivity contribution >= 4 is 31.2 Å². The van der Waals surface area contributed by atoms with E-state index < -0.39 is 41.2 Å². The lowest BCUT2D eigenvalue weighted by atomic mass is 10.3. The van der Waals surface area contributed by atoms with Crippen LogP contribution in [0.25, 0.3) is 0 Å². The van der Waals surface area contributed by atoms with Crippen LogP contribution in [0.3, 0.4) is 0 Å². The first-order chi connectivity index (χ1) is 11.0. The van der Waals surface area contributed by atoms with Crippen molar-refractivity contribution in [1.29, 1.82) is 0 Å². The summed E-state index contributed by atoms with van der Waals surface area (Å²) >= 11 is 0. The molecule has 0 fully saturated rings. The highest BCUT2D eigenvalue weighted by molar-refractivity contribution is 7.93. The number of hydrogen-bond donors (Lipinski definition) is 1. The summed E-state index contributed by atoms with van der Waals surface area (Å²) in [5.41, 5.74) is -1.20. The monoisotopic (exact) mass is 374 g/mol. The third-order valence-corrected chi connectivity index (χ3v) is 5.50. The number of hydrogen-bond acceptors (Lipinski definition) is 6. The lowest BCUT2D eigenvalue weighted by molar-refractivity contribution is -0.390. The van der Waals surface area contributed by atoms with Crippen LogP contribution in [0, 0.1) is 15.9 Å². The molecule has 1 N–H and O–H groups in total. The third-order valence-electron chi connectivity index (χ3n) is 2.96. The van der Waals surface area contributed by atoms with E-state index in [0.717, 1.165) is 24.5 Å². The molecule has 0 amide bonds. The Bertz CT molecular complexity index is 1000. The van der Waals surface area contributed by atoms with E-state index in [2.05, 4.69) is 0 Å². The fourth-order valence-corrected chi connectivity index (χ4v) is 3.74. The van der Waals surface area contributed by atoms with Crippen LogP contribution in [0.2, 0.25) is 0 Å². The molecule has 2 rings (SSSR count). The molecule has 0 aliphatic heterocycles. The maximum Gasteiger partial charge on any atom is 0.325 e. The molecule has 0 spiro atoms. The highest BCUT2D eigenvalue weighted by Gasteiger charge is 2.29. The van der Waals surface area contributed by atoms with E-state index in [0.29, 0.717) is 0 Å². The Hall–Kier alpha value is -2.53. The van der Waals surface area contributed by atoms with Gasteiger partial charge in [0.1, 0.15) is 0 Å². The molecule has 128 valence electrons. The Morgan fingerprint density at radius 3 is 2.12 bits per heavy atom. The lowest BCUT2D eigenvalue weighted by Crippen LogP contribution is -2.15. The number of benzene rings is 2. The quantitative estimate of drug-likeness (QED) is 0.630. The van der Waals surface area contributed by atoms with Gasteiger partial charge in [0.25, 0.3) is 10.0 Å². The molecule has 0 unspecified atom stereocenters. The Labute approximate surface area is 137 Å². The second-order valence-corrected chi connectivity index (χ2v) is 8.41. The van der Waals surface area contributed by atoms with E-state index in [4.69, 9.17) is 0 Å². The van der Waals surface area contributed by atoms with Crippen LogP contribution in [-0.4, -0.2) is 28.0 Å². The third kappa shape index (κ3) is 3.68.